The summed E-state index contributed by atoms with van der Waals surface area (Å²) in [5.41, 5.74) is 2.65. The summed E-state index contributed by atoms with van der Waals surface area (Å²) < 4.78 is 8.21. The number of fused-ring (bicyclic) bond motifs is 1. The van der Waals surface area contributed by atoms with Crippen LogP contribution in [0.2, 0.25) is 0 Å². The van der Waals surface area contributed by atoms with E-state index >= 15 is 0 Å². The van der Waals surface area contributed by atoms with Crippen LogP contribution in [0.4, 0.5) is 0 Å². The van der Waals surface area contributed by atoms with E-state index < -0.39 is 0 Å². The molecular formula is C17H22N2O. The van der Waals surface area contributed by atoms with Crippen molar-refractivity contribution in [1.82, 2.24) is 9.47 Å². The van der Waals surface area contributed by atoms with Crippen LogP contribution in [0.1, 0.15) is 24.2 Å². The second kappa shape index (κ2) is 5.71. The third-order valence-corrected chi connectivity index (χ3v) is 4.11. The van der Waals surface area contributed by atoms with Gasteiger partial charge in [-0.2, -0.15) is 0 Å². The minimum atomic E-state index is 0.472. The van der Waals surface area contributed by atoms with Crippen LogP contribution < -0.4 is 4.74 Å². The molecule has 20 heavy (non-hydrogen) atoms. The van der Waals surface area contributed by atoms with Gasteiger partial charge >= 0.3 is 0 Å². The smallest absolute Gasteiger partial charge is 0.119 e. The normalized spacial score (nSPS) is 18.8. The molecule has 1 unspecified atom stereocenters. The van der Waals surface area contributed by atoms with Crippen molar-refractivity contribution in [3.8, 4) is 5.75 Å². The summed E-state index contributed by atoms with van der Waals surface area (Å²) in [6.07, 6.45) is 2.17. The fourth-order valence-electron chi connectivity index (χ4n) is 2.92. The lowest BCUT2D eigenvalue weighted by Gasteiger charge is -2.34. The molecule has 0 N–H and O–H groups in total. The molecule has 0 aliphatic carbocycles. The van der Waals surface area contributed by atoms with Gasteiger partial charge in [0, 0.05) is 37.6 Å². The minimum Gasteiger partial charge on any atom is -0.492 e. The molecule has 0 saturated carbocycles. The molecule has 1 aliphatic heterocycles. The van der Waals surface area contributed by atoms with Gasteiger partial charge in [0.1, 0.15) is 12.4 Å². The van der Waals surface area contributed by atoms with E-state index in [-0.39, 0.29) is 0 Å². The van der Waals surface area contributed by atoms with E-state index in [4.69, 9.17) is 4.74 Å². The lowest BCUT2D eigenvalue weighted by atomic mass is 10.1. The molecule has 1 aromatic heterocycles. The summed E-state index contributed by atoms with van der Waals surface area (Å²) in [4.78, 5) is 2.49. The Hall–Kier alpha value is -1.74. The Morgan fingerprint density at radius 2 is 2.10 bits per heavy atom. The van der Waals surface area contributed by atoms with E-state index in [2.05, 4.69) is 53.8 Å². The molecule has 3 heteroatoms. The Balaban J connectivity index is 1.55. The molecule has 0 spiro atoms. The number of aromatic nitrogens is 1. The van der Waals surface area contributed by atoms with E-state index in [9.17, 15) is 0 Å². The Bertz CT molecular complexity index is 576. The van der Waals surface area contributed by atoms with Crippen molar-refractivity contribution in [2.75, 3.05) is 19.7 Å². The Morgan fingerprint density at radius 3 is 2.95 bits per heavy atom. The number of hydrogen-bond donors (Lipinski definition) is 0. The Kier molecular flexibility index (Phi) is 3.79. The summed E-state index contributed by atoms with van der Waals surface area (Å²) in [7, 11) is 0. The third kappa shape index (κ3) is 2.73. The van der Waals surface area contributed by atoms with Crippen LogP contribution in [0.25, 0.3) is 0 Å². The summed E-state index contributed by atoms with van der Waals surface area (Å²) >= 11 is 0. The van der Waals surface area contributed by atoms with Crippen LogP contribution in [0.15, 0.2) is 42.6 Å². The van der Waals surface area contributed by atoms with Gasteiger partial charge in [0.25, 0.3) is 0 Å². The zero-order valence-corrected chi connectivity index (χ0v) is 12.2. The highest BCUT2D eigenvalue weighted by Gasteiger charge is 2.22. The molecule has 0 fully saturated rings. The van der Waals surface area contributed by atoms with Crippen molar-refractivity contribution >= 4 is 0 Å². The van der Waals surface area contributed by atoms with Crippen LogP contribution in [-0.2, 0) is 6.54 Å². The molecule has 3 rings (SSSR count). The van der Waals surface area contributed by atoms with E-state index in [0.717, 1.165) is 32.0 Å². The molecule has 1 aromatic carbocycles. The molecule has 106 valence electrons. The minimum absolute atomic E-state index is 0.472. The molecule has 0 radical (unpaired) electrons. The van der Waals surface area contributed by atoms with E-state index in [1.54, 1.807) is 0 Å². The van der Waals surface area contributed by atoms with Crippen LogP contribution in [0.3, 0.4) is 0 Å². The molecule has 3 nitrogen and oxygen atoms in total. The van der Waals surface area contributed by atoms with Gasteiger partial charge in [-0.15, -0.1) is 0 Å². The van der Waals surface area contributed by atoms with E-state index in [1.165, 1.54) is 11.3 Å². The van der Waals surface area contributed by atoms with Crippen molar-refractivity contribution in [2.45, 2.75) is 26.4 Å². The van der Waals surface area contributed by atoms with Crippen molar-refractivity contribution in [3.63, 3.8) is 0 Å². The van der Waals surface area contributed by atoms with Crippen molar-refractivity contribution in [1.29, 1.82) is 0 Å². The first kappa shape index (κ1) is 13.3. The van der Waals surface area contributed by atoms with Crippen LogP contribution in [0, 0.1) is 6.92 Å². The zero-order chi connectivity index (χ0) is 13.9. The predicted molar refractivity (Wildman–Crippen MR) is 81.1 cm³/mol. The topological polar surface area (TPSA) is 17.4 Å². The van der Waals surface area contributed by atoms with Gasteiger partial charge < -0.3 is 9.30 Å². The maximum Gasteiger partial charge on any atom is 0.119 e. The third-order valence-electron chi connectivity index (χ3n) is 4.11. The lowest BCUT2D eigenvalue weighted by molar-refractivity contribution is 0.139. The van der Waals surface area contributed by atoms with Gasteiger partial charge in [-0.1, -0.05) is 12.1 Å². The first-order valence-electron chi connectivity index (χ1n) is 7.32. The highest BCUT2D eigenvalue weighted by Crippen LogP contribution is 2.24. The number of rotatable bonds is 4. The van der Waals surface area contributed by atoms with Gasteiger partial charge in [0.2, 0.25) is 0 Å². The first-order chi connectivity index (χ1) is 9.74. The van der Waals surface area contributed by atoms with Gasteiger partial charge in [0.05, 0.1) is 0 Å². The summed E-state index contributed by atoms with van der Waals surface area (Å²) in [6.45, 7) is 8.26. The molecule has 1 aliphatic rings. The predicted octanol–water partition coefficient (Wildman–Crippen LogP) is 3.25. The van der Waals surface area contributed by atoms with E-state index in [1.807, 2.05) is 12.1 Å². The second-order valence-corrected chi connectivity index (χ2v) is 5.50. The highest BCUT2D eigenvalue weighted by molar-refractivity contribution is 5.27. The van der Waals surface area contributed by atoms with Crippen molar-refractivity contribution in [3.05, 3.63) is 53.9 Å². The maximum absolute atomic E-state index is 5.86. The highest BCUT2D eigenvalue weighted by atomic mass is 16.5. The van der Waals surface area contributed by atoms with Gasteiger partial charge in [-0.3, -0.25) is 4.90 Å². The molecular weight excluding hydrogens is 248 g/mol. The lowest BCUT2D eigenvalue weighted by Crippen LogP contribution is -2.38. The first-order valence-corrected chi connectivity index (χ1v) is 7.32. The summed E-state index contributed by atoms with van der Waals surface area (Å²) in [5.74, 6) is 0.970. The fourth-order valence-corrected chi connectivity index (χ4v) is 2.92. The maximum atomic E-state index is 5.86. The molecule has 2 aromatic rings. The number of aryl methyl sites for hydroxylation is 1. The van der Waals surface area contributed by atoms with Crippen molar-refractivity contribution in [2.24, 2.45) is 0 Å². The standard InChI is InChI=1S/C17H22N2O/c1-14-5-3-6-16(13-14)20-12-11-18-9-10-19-8-4-7-17(19)15(18)2/h3-8,13,15H,9-12H2,1-2H3. The average molecular weight is 270 g/mol. The number of ether oxygens (including phenoxy) is 1. The SMILES string of the molecule is Cc1cccc(OCCN2CCn3cccc3C2C)c1. The fraction of sp³-hybridized carbons (Fsp3) is 0.412. The van der Waals surface area contributed by atoms with Crippen LogP contribution in [0.5, 0.6) is 5.75 Å². The van der Waals surface area contributed by atoms with Gasteiger partial charge in [-0.05, 0) is 43.7 Å². The van der Waals surface area contributed by atoms with E-state index in [0.29, 0.717) is 6.04 Å². The number of hydrogen-bond acceptors (Lipinski definition) is 2. The zero-order valence-electron chi connectivity index (χ0n) is 12.2. The van der Waals surface area contributed by atoms with Crippen LogP contribution in [-0.4, -0.2) is 29.2 Å². The quantitative estimate of drug-likeness (QED) is 0.848. The van der Waals surface area contributed by atoms with Gasteiger partial charge in [0.15, 0.2) is 0 Å². The molecule has 1 atom stereocenters. The summed E-state index contributed by atoms with van der Waals surface area (Å²) in [5, 5.41) is 0. The molecule has 2 heterocycles. The molecule has 0 amide bonds. The second-order valence-electron chi connectivity index (χ2n) is 5.50. The molecule has 0 bridgehead atoms. The monoisotopic (exact) mass is 270 g/mol. The average Bonchev–Trinajstić information content (AvgIpc) is 2.91. The largest absolute Gasteiger partial charge is 0.492 e. The van der Waals surface area contributed by atoms with Gasteiger partial charge in [-0.25, -0.2) is 0 Å². The molecule has 0 saturated heterocycles. The Morgan fingerprint density at radius 1 is 1.20 bits per heavy atom. The number of benzene rings is 1. The number of nitrogens with zero attached hydrogens (tertiary/aromatic N) is 2. The van der Waals surface area contributed by atoms with Crippen LogP contribution >= 0.6 is 0 Å². The Labute approximate surface area is 120 Å². The van der Waals surface area contributed by atoms with Crippen molar-refractivity contribution < 1.29 is 4.74 Å². The summed E-state index contributed by atoms with van der Waals surface area (Å²) in [6, 6.07) is 13.1.